The lowest BCUT2D eigenvalue weighted by Crippen LogP contribution is -2.35. The summed E-state index contributed by atoms with van der Waals surface area (Å²) < 4.78 is 0. The topological polar surface area (TPSA) is 61.7 Å². The second kappa shape index (κ2) is 4.98. The van der Waals surface area contributed by atoms with Gasteiger partial charge in [-0.3, -0.25) is 4.79 Å². The van der Waals surface area contributed by atoms with Gasteiger partial charge in [0, 0.05) is 17.0 Å². The SMILES string of the molecule is O=C(NN=C1CC2C=CCC12)c1ccc2ccccc2c1O. The fourth-order valence-electron chi connectivity index (χ4n) is 3.28. The number of fused-ring (bicyclic) bond motifs is 2. The highest BCUT2D eigenvalue weighted by Gasteiger charge is 2.38. The Bertz CT molecular complexity index is 823. The minimum atomic E-state index is -0.370. The van der Waals surface area contributed by atoms with Crippen LogP contribution in [0.25, 0.3) is 10.8 Å². The third-order valence-electron chi connectivity index (χ3n) is 4.61. The summed E-state index contributed by atoms with van der Waals surface area (Å²) in [5.41, 5.74) is 3.88. The predicted octanol–water partition coefficient (Wildman–Crippen LogP) is 3.23. The average Bonchev–Trinajstić information content (AvgIpc) is 2.89. The lowest BCUT2D eigenvalue weighted by atomic mass is 9.74. The first-order chi connectivity index (χ1) is 10.7. The van der Waals surface area contributed by atoms with Gasteiger partial charge in [0.15, 0.2) is 0 Å². The molecule has 1 amide bonds. The van der Waals surface area contributed by atoms with Crippen LogP contribution in [0.2, 0.25) is 0 Å². The van der Waals surface area contributed by atoms with Crippen molar-refractivity contribution in [2.75, 3.05) is 0 Å². The number of hydrogen-bond acceptors (Lipinski definition) is 3. The molecule has 2 aromatic carbocycles. The van der Waals surface area contributed by atoms with E-state index >= 15 is 0 Å². The molecule has 0 spiro atoms. The van der Waals surface area contributed by atoms with E-state index in [0.29, 0.717) is 17.2 Å². The number of nitrogens with one attached hydrogen (secondary N) is 1. The van der Waals surface area contributed by atoms with E-state index in [1.807, 2.05) is 24.3 Å². The largest absolute Gasteiger partial charge is 0.506 e. The first-order valence-electron chi connectivity index (χ1n) is 7.48. The van der Waals surface area contributed by atoms with Gasteiger partial charge in [-0.05, 0) is 30.2 Å². The molecule has 1 saturated carbocycles. The number of benzene rings is 2. The van der Waals surface area contributed by atoms with E-state index in [-0.39, 0.29) is 17.2 Å². The number of hydrazone groups is 1. The summed E-state index contributed by atoms with van der Waals surface area (Å²) in [6.07, 6.45) is 6.33. The average molecular weight is 292 g/mol. The molecule has 0 radical (unpaired) electrons. The minimum Gasteiger partial charge on any atom is -0.506 e. The lowest BCUT2D eigenvalue weighted by Gasteiger charge is -2.31. The molecule has 22 heavy (non-hydrogen) atoms. The zero-order valence-corrected chi connectivity index (χ0v) is 12.0. The van der Waals surface area contributed by atoms with Crippen LogP contribution in [0.4, 0.5) is 0 Å². The van der Waals surface area contributed by atoms with Crippen molar-refractivity contribution in [3.05, 3.63) is 54.1 Å². The number of carbonyl (C=O) groups excluding carboxylic acids is 1. The number of hydrogen-bond donors (Lipinski definition) is 2. The predicted molar refractivity (Wildman–Crippen MR) is 85.9 cm³/mol. The molecular formula is C18H16N2O2. The molecule has 4 rings (SSSR count). The Kier molecular flexibility index (Phi) is 2.96. The Morgan fingerprint density at radius 3 is 2.95 bits per heavy atom. The number of rotatable bonds is 2. The van der Waals surface area contributed by atoms with Crippen molar-refractivity contribution >= 4 is 22.4 Å². The molecule has 4 nitrogen and oxygen atoms in total. The highest BCUT2D eigenvalue weighted by molar-refractivity contribution is 6.04. The third kappa shape index (κ3) is 1.99. The van der Waals surface area contributed by atoms with E-state index in [1.54, 1.807) is 12.1 Å². The van der Waals surface area contributed by atoms with Gasteiger partial charge in [-0.1, -0.05) is 42.5 Å². The smallest absolute Gasteiger partial charge is 0.275 e. The molecule has 2 N–H and O–H groups in total. The van der Waals surface area contributed by atoms with Crippen molar-refractivity contribution in [3.8, 4) is 5.75 Å². The van der Waals surface area contributed by atoms with E-state index in [9.17, 15) is 9.90 Å². The molecular weight excluding hydrogens is 276 g/mol. The number of phenolic OH excluding ortho intramolecular Hbond substituents is 1. The molecule has 2 aromatic rings. The summed E-state index contributed by atoms with van der Waals surface area (Å²) in [5, 5.41) is 16.1. The van der Waals surface area contributed by atoms with Crippen molar-refractivity contribution in [1.82, 2.24) is 5.43 Å². The Balaban J connectivity index is 1.56. The number of nitrogens with zero attached hydrogens (tertiary/aromatic N) is 1. The van der Waals surface area contributed by atoms with E-state index in [2.05, 4.69) is 22.7 Å². The lowest BCUT2D eigenvalue weighted by molar-refractivity contribution is 0.0951. The van der Waals surface area contributed by atoms with Gasteiger partial charge in [-0.25, -0.2) is 5.43 Å². The Morgan fingerprint density at radius 1 is 1.23 bits per heavy atom. The van der Waals surface area contributed by atoms with Gasteiger partial charge in [-0.15, -0.1) is 0 Å². The molecule has 2 atom stereocenters. The van der Waals surface area contributed by atoms with E-state index in [0.717, 1.165) is 23.9 Å². The molecule has 110 valence electrons. The normalized spacial score (nSPS) is 24.3. The maximum atomic E-state index is 12.3. The monoisotopic (exact) mass is 292 g/mol. The van der Waals surface area contributed by atoms with Crippen molar-refractivity contribution in [2.45, 2.75) is 12.8 Å². The first-order valence-corrected chi connectivity index (χ1v) is 7.48. The zero-order chi connectivity index (χ0) is 15.1. The highest BCUT2D eigenvalue weighted by Crippen LogP contribution is 2.40. The van der Waals surface area contributed by atoms with E-state index < -0.39 is 0 Å². The molecule has 0 aliphatic heterocycles. The fraction of sp³-hybridized carbons (Fsp3) is 0.222. The second-order valence-electron chi connectivity index (χ2n) is 5.87. The summed E-state index contributed by atoms with van der Waals surface area (Å²) in [7, 11) is 0. The Hall–Kier alpha value is -2.62. The molecule has 2 unspecified atom stereocenters. The summed E-state index contributed by atoms with van der Waals surface area (Å²) in [4.78, 5) is 12.3. The minimum absolute atomic E-state index is 0.00446. The zero-order valence-electron chi connectivity index (χ0n) is 12.0. The number of amides is 1. The summed E-state index contributed by atoms with van der Waals surface area (Å²) in [6, 6.07) is 10.9. The first kappa shape index (κ1) is 13.1. The fourth-order valence-corrected chi connectivity index (χ4v) is 3.28. The number of carbonyl (C=O) groups is 1. The van der Waals surface area contributed by atoms with Crippen LogP contribution in [0.5, 0.6) is 5.75 Å². The second-order valence-corrected chi connectivity index (χ2v) is 5.87. The maximum Gasteiger partial charge on any atom is 0.275 e. The van der Waals surface area contributed by atoms with Crippen LogP contribution < -0.4 is 5.43 Å². The maximum absolute atomic E-state index is 12.3. The van der Waals surface area contributed by atoms with Crippen LogP contribution in [-0.2, 0) is 0 Å². The standard InChI is InChI=1S/C18H16N2O2/c21-17-14-6-2-1-4-11(14)8-9-15(17)18(22)20-19-16-10-12-5-3-7-13(12)16/h1-6,8-9,12-13,21H,7,10H2,(H,20,22). The van der Waals surface area contributed by atoms with Crippen molar-refractivity contribution in [2.24, 2.45) is 16.9 Å². The van der Waals surface area contributed by atoms with Crippen LogP contribution >= 0.6 is 0 Å². The van der Waals surface area contributed by atoms with Crippen LogP contribution in [0, 0.1) is 11.8 Å². The Labute approximate surface area is 128 Å². The molecule has 0 heterocycles. The van der Waals surface area contributed by atoms with Gasteiger partial charge >= 0.3 is 0 Å². The highest BCUT2D eigenvalue weighted by atomic mass is 16.3. The van der Waals surface area contributed by atoms with E-state index in [4.69, 9.17) is 0 Å². The van der Waals surface area contributed by atoms with Crippen molar-refractivity contribution in [1.29, 1.82) is 0 Å². The number of phenols is 1. The molecule has 2 aliphatic carbocycles. The van der Waals surface area contributed by atoms with Crippen LogP contribution in [0.3, 0.4) is 0 Å². The number of aromatic hydroxyl groups is 1. The number of allylic oxidation sites excluding steroid dienone is 2. The van der Waals surface area contributed by atoms with Crippen molar-refractivity contribution in [3.63, 3.8) is 0 Å². The van der Waals surface area contributed by atoms with Gasteiger partial charge in [0.1, 0.15) is 5.75 Å². The van der Waals surface area contributed by atoms with Gasteiger partial charge in [0.2, 0.25) is 0 Å². The van der Waals surface area contributed by atoms with Crippen LogP contribution in [0.1, 0.15) is 23.2 Å². The van der Waals surface area contributed by atoms with Crippen molar-refractivity contribution < 1.29 is 9.90 Å². The molecule has 4 heteroatoms. The molecule has 0 bridgehead atoms. The van der Waals surface area contributed by atoms with Gasteiger partial charge in [0.05, 0.1) is 5.56 Å². The summed E-state index contributed by atoms with van der Waals surface area (Å²) >= 11 is 0. The van der Waals surface area contributed by atoms with Crippen LogP contribution in [-0.4, -0.2) is 16.7 Å². The van der Waals surface area contributed by atoms with Crippen LogP contribution in [0.15, 0.2) is 53.7 Å². The molecule has 0 saturated heterocycles. The quantitative estimate of drug-likeness (QED) is 0.659. The van der Waals surface area contributed by atoms with Gasteiger partial charge in [0.25, 0.3) is 5.91 Å². The summed E-state index contributed by atoms with van der Waals surface area (Å²) in [5.74, 6) is 0.699. The third-order valence-corrected chi connectivity index (χ3v) is 4.61. The molecule has 2 aliphatic rings. The van der Waals surface area contributed by atoms with Gasteiger partial charge in [-0.2, -0.15) is 5.10 Å². The Morgan fingerprint density at radius 2 is 2.09 bits per heavy atom. The van der Waals surface area contributed by atoms with Gasteiger partial charge < -0.3 is 5.11 Å². The molecule has 1 fully saturated rings. The summed E-state index contributed by atoms with van der Waals surface area (Å²) in [6.45, 7) is 0. The molecule has 0 aromatic heterocycles. The van der Waals surface area contributed by atoms with E-state index in [1.165, 1.54) is 0 Å².